The number of carbonyl (C=O) groups is 1. The molecule has 3 aromatic rings. The molecule has 0 radical (unpaired) electrons. The van der Waals surface area contributed by atoms with Crippen molar-refractivity contribution in [3.8, 4) is 11.4 Å². The van der Waals surface area contributed by atoms with Crippen LogP contribution in [0.15, 0.2) is 54.6 Å². The van der Waals surface area contributed by atoms with Gasteiger partial charge in [0.05, 0.1) is 5.52 Å². The van der Waals surface area contributed by atoms with Crippen LogP contribution in [0.3, 0.4) is 0 Å². The minimum atomic E-state index is 0.0847. The van der Waals surface area contributed by atoms with Crippen molar-refractivity contribution in [2.24, 2.45) is 5.92 Å². The highest BCUT2D eigenvalue weighted by Crippen LogP contribution is 2.27. The highest BCUT2D eigenvalue weighted by molar-refractivity contribution is 5.91. The molecule has 1 heterocycles. The lowest BCUT2D eigenvalue weighted by Gasteiger charge is -2.25. The normalized spacial score (nSPS) is 11.0. The van der Waals surface area contributed by atoms with Gasteiger partial charge in [0.2, 0.25) is 5.91 Å². The molecule has 0 spiro atoms. The summed E-state index contributed by atoms with van der Waals surface area (Å²) >= 11 is 0. The number of aromatic nitrogens is 2. The van der Waals surface area contributed by atoms with E-state index in [4.69, 9.17) is 9.97 Å². The topological polar surface area (TPSA) is 58.1 Å². The maximum absolute atomic E-state index is 12.3. The molecule has 0 aliphatic carbocycles. The summed E-state index contributed by atoms with van der Waals surface area (Å²) < 4.78 is 0. The lowest BCUT2D eigenvalue weighted by molar-refractivity contribution is -0.121. The maximum Gasteiger partial charge on any atom is 0.221 e. The van der Waals surface area contributed by atoms with E-state index in [1.165, 1.54) is 0 Å². The molecule has 2 aromatic carbocycles. The third kappa shape index (κ3) is 5.53. The van der Waals surface area contributed by atoms with E-state index in [-0.39, 0.29) is 5.91 Å². The Morgan fingerprint density at radius 3 is 2.45 bits per heavy atom. The zero-order chi connectivity index (χ0) is 20.6. The lowest BCUT2D eigenvalue weighted by atomic mass is 10.1. The van der Waals surface area contributed by atoms with E-state index < -0.39 is 0 Å². The van der Waals surface area contributed by atoms with Crippen molar-refractivity contribution in [3.63, 3.8) is 0 Å². The van der Waals surface area contributed by atoms with Crippen molar-refractivity contribution in [1.29, 1.82) is 0 Å². The van der Waals surface area contributed by atoms with E-state index in [1.807, 2.05) is 48.5 Å². The van der Waals surface area contributed by atoms with Gasteiger partial charge >= 0.3 is 0 Å². The van der Waals surface area contributed by atoms with Crippen LogP contribution in [-0.4, -0.2) is 35.5 Å². The van der Waals surface area contributed by atoms with Crippen molar-refractivity contribution in [3.05, 3.63) is 54.6 Å². The average molecular weight is 391 g/mol. The minimum absolute atomic E-state index is 0.0847. The van der Waals surface area contributed by atoms with Gasteiger partial charge in [0, 0.05) is 37.0 Å². The SMILES string of the molecule is CCCN(CCC(=O)NCC(C)C)c1nc(-c2ccccc2)nc2ccccc12. The van der Waals surface area contributed by atoms with Gasteiger partial charge in [0.15, 0.2) is 5.82 Å². The summed E-state index contributed by atoms with van der Waals surface area (Å²) in [6.07, 6.45) is 1.43. The van der Waals surface area contributed by atoms with Crippen molar-refractivity contribution in [2.75, 3.05) is 24.5 Å². The molecule has 0 bridgehead atoms. The Balaban J connectivity index is 1.92. The molecular weight excluding hydrogens is 360 g/mol. The fourth-order valence-electron chi connectivity index (χ4n) is 3.25. The number of benzene rings is 2. The van der Waals surface area contributed by atoms with Gasteiger partial charge in [0.1, 0.15) is 5.82 Å². The molecule has 0 atom stereocenters. The number of para-hydroxylation sites is 1. The number of nitrogens with zero attached hydrogens (tertiary/aromatic N) is 3. The quantitative estimate of drug-likeness (QED) is 0.576. The summed E-state index contributed by atoms with van der Waals surface area (Å²) in [6, 6.07) is 18.1. The van der Waals surface area contributed by atoms with Gasteiger partial charge in [-0.1, -0.05) is 63.2 Å². The van der Waals surface area contributed by atoms with Crippen molar-refractivity contribution >= 4 is 22.6 Å². The van der Waals surface area contributed by atoms with Gasteiger partial charge in [-0.05, 0) is 24.5 Å². The zero-order valence-electron chi connectivity index (χ0n) is 17.6. The summed E-state index contributed by atoms with van der Waals surface area (Å²) in [4.78, 5) is 24.2. The Bertz CT molecular complexity index is 940. The van der Waals surface area contributed by atoms with Crippen LogP contribution in [0, 0.1) is 5.92 Å². The molecule has 0 unspecified atom stereocenters. The Labute approximate surface area is 173 Å². The predicted molar refractivity (Wildman–Crippen MR) is 120 cm³/mol. The number of amides is 1. The lowest BCUT2D eigenvalue weighted by Crippen LogP contribution is -2.33. The third-order valence-electron chi connectivity index (χ3n) is 4.72. The molecular formula is C24H30N4O. The molecule has 1 N–H and O–H groups in total. The molecule has 0 aliphatic rings. The molecule has 29 heavy (non-hydrogen) atoms. The second-order valence-electron chi connectivity index (χ2n) is 7.69. The van der Waals surface area contributed by atoms with Crippen LogP contribution in [0.5, 0.6) is 0 Å². The Morgan fingerprint density at radius 2 is 1.72 bits per heavy atom. The Morgan fingerprint density at radius 1 is 1.00 bits per heavy atom. The number of rotatable bonds is 9. The second-order valence-corrected chi connectivity index (χ2v) is 7.69. The molecule has 1 aromatic heterocycles. The molecule has 5 heteroatoms. The Hall–Kier alpha value is -2.95. The van der Waals surface area contributed by atoms with E-state index in [9.17, 15) is 4.79 Å². The number of hydrogen-bond acceptors (Lipinski definition) is 4. The van der Waals surface area contributed by atoms with Crippen LogP contribution in [0.1, 0.15) is 33.6 Å². The van der Waals surface area contributed by atoms with Crippen LogP contribution >= 0.6 is 0 Å². The summed E-state index contributed by atoms with van der Waals surface area (Å²) in [5.41, 5.74) is 1.91. The highest BCUT2D eigenvalue weighted by atomic mass is 16.1. The first-order chi connectivity index (χ1) is 14.1. The molecule has 0 fully saturated rings. The van der Waals surface area contributed by atoms with Gasteiger partial charge in [-0.2, -0.15) is 0 Å². The summed E-state index contributed by atoms with van der Waals surface area (Å²) in [5, 5.41) is 4.02. The molecule has 3 rings (SSSR count). The largest absolute Gasteiger partial charge is 0.356 e. The molecule has 5 nitrogen and oxygen atoms in total. The molecule has 0 aliphatic heterocycles. The number of hydrogen-bond donors (Lipinski definition) is 1. The van der Waals surface area contributed by atoms with Crippen LogP contribution in [0.4, 0.5) is 5.82 Å². The first-order valence-electron chi connectivity index (χ1n) is 10.4. The number of nitrogens with one attached hydrogen (secondary N) is 1. The first kappa shape index (κ1) is 20.8. The van der Waals surface area contributed by atoms with Crippen LogP contribution in [0.25, 0.3) is 22.3 Å². The molecule has 0 saturated carbocycles. The summed E-state index contributed by atoms with van der Waals surface area (Å²) in [5.74, 6) is 2.14. The Kier molecular flexibility index (Phi) is 7.17. The van der Waals surface area contributed by atoms with Crippen LogP contribution in [0.2, 0.25) is 0 Å². The van der Waals surface area contributed by atoms with Crippen LogP contribution < -0.4 is 10.2 Å². The van der Waals surface area contributed by atoms with Gasteiger partial charge < -0.3 is 10.2 Å². The van der Waals surface area contributed by atoms with Gasteiger partial charge in [0.25, 0.3) is 0 Å². The van der Waals surface area contributed by atoms with E-state index in [2.05, 4.69) is 37.1 Å². The zero-order valence-corrected chi connectivity index (χ0v) is 17.6. The van der Waals surface area contributed by atoms with Crippen molar-refractivity contribution in [2.45, 2.75) is 33.6 Å². The summed E-state index contributed by atoms with van der Waals surface area (Å²) in [6.45, 7) is 8.53. The van der Waals surface area contributed by atoms with Gasteiger partial charge in [-0.15, -0.1) is 0 Å². The smallest absolute Gasteiger partial charge is 0.221 e. The van der Waals surface area contributed by atoms with E-state index in [0.717, 1.165) is 35.2 Å². The fraction of sp³-hybridized carbons (Fsp3) is 0.375. The molecule has 152 valence electrons. The van der Waals surface area contributed by atoms with E-state index in [0.29, 0.717) is 31.3 Å². The minimum Gasteiger partial charge on any atom is -0.356 e. The standard InChI is InChI=1S/C24H30N4O/c1-4-15-28(16-14-22(29)25-17-18(2)3)24-20-12-8-9-13-21(20)26-23(27-24)19-10-6-5-7-11-19/h5-13,18H,4,14-17H2,1-3H3,(H,25,29). The van der Waals surface area contributed by atoms with E-state index in [1.54, 1.807) is 0 Å². The average Bonchev–Trinajstić information content (AvgIpc) is 2.75. The molecule has 0 saturated heterocycles. The number of fused-ring (bicyclic) bond motifs is 1. The van der Waals surface area contributed by atoms with Crippen LogP contribution in [-0.2, 0) is 4.79 Å². The van der Waals surface area contributed by atoms with Gasteiger partial charge in [-0.3, -0.25) is 4.79 Å². The number of anilines is 1. The maximum atomic E-state index is 12.3. The molecule has 1 amide bonds. The van der Waals surface area contributed by atoms with Crippen molar-refractivity contribution in [1.82, 2.24) is 15.3 Å². The summed E-state index contributed by atoms with van der Waals surface area (Å²) in [7, 11) is 0. The first-order valence-corrected chi connectivity index (χ1v) is 10.4. The van der Waals surface area contributed by atoms with E-state index >= 15 is 0 Å². The van der Waals surface area contributed by atoms with Gasteiger partial charge in [-0.25, -0.2) is 9.97 Å². The van der Waals surface area contributed by atoms with Crippen molar-refractivity contribution < 1.29 is 4.79 Å². The third-order valence-corrected chi connectivity index (χ3v) is 4.72. The second kappa shape index (κ2) is 10.0. The monoisotopic (exact) mass is 390 g/mol. The predicted octanol–water partition coefficient (Wildman–Crippen LogP) is 4.68. The fourth-order valence-corrected chi connectivity index (χ4v) is 3.25. The number of carbonyl (C=O) groups excluding carboxylic acids is 1. The highest BCUT2D eigenvalue weighted by Gasteiger charge is 2.16.